The maximum Gasteiger partial charge on any atom is 0.164 e. The minimum atomic E-state index is 0.643. The highest BCUT2D eigenvalue weighted by Crippen LogP contribution is 2.52. The Hall–Kier alpha value is -12.2. The van der Waals surface area contributed by atoms with Gasteiger partial charge in [0, 0.05) is 53.0 Å². The van der Waals surface area contributed by atoms with Crippen LogP contribution in [-0.4, -0.2) is 29.9 Å². The molecule has 0 aliphatic carbocycles. The number of hydrogen-bond acceptors (Lipinski definition) is 8. The lowest BCUT2D eigenvalue weighted by Gasteiger charge is -2.22. The molecule has 8 heteroatoms. The van der Waals surface area contributed by atoms with Crippen molar-refractivity contribution in [3.8, 4) is 135 Å². The van der Waals surface area contributed by atoms with Gasteiger partial charge >= 0.3 is 0 Å². The molecule has 15 aromatic carbocycles. The largest absolute Gasteiger partial charge is 0.208 e. The van der Waals surface area contributed by atoms with Crippen molar-refractivity contribution in [1.29, 1.82) is 0 Å². The van der Waals surface area contributed by atoms with Gasteiger partial charge in [-0.15, -0.1) is 0 Å². The Kier molecular flexibility index (Phi) is 15.0. The first-order valence-corrected chi connectivity index (χ1v) is 34.4. The van der Waals surface area contributed by atoms with Gasteiger partial charge in [0.25, 0.3) is 0 Å². The van der Waals surface area contributed by atoms with E-state index < -0.39 is 0 Å². The van der Waals surface area contributed by atoms with E-state index in [0.717, 1.165) is 55.3 Å². The van der Waals surface area contributed by atoms with Crippen LogP contribution in [0, 0.1) is 0 Å². The third-order valence-corrected chi connectivity index (χ3v) is 20.8. The number of benzene rings is 15. The standard InChI is InChI=1S/C47H29N3S.C43H27N3S/c1-2-11-30(12-3-1)32-21-24-33(25-22-32)45-48-46(35-26-23-31-13-4-5-14-34(31)29-35)50-47(49-45)41-28-27-40-37-16-7-9-20-43(37)51-42-19-8-6-15-36(42)38-17-10-18-39(41)44(38)40;1-3-13-28(14-4-1)41-44-42(29-15-5-2-6-16-29)46-43(45-41)31-18-11-17-30(27-31)32-25-26-37-34-20-8-10-24-39(34)47-38-23-9-7-19-33(38)36-22-12-21-35(32)40(36)37/h1-29H;1-27H. The van der Waals surface area contributed by atoms with E-state index in [9.17, 15) is 0 Å². The van der Waals surface area contributed by atoms with Crippen LogP contribution in [0.5, 0.6) is 0 Å². The molecule has 4 heterocycles. The molecule has 0 N–H and O–H groups in total. The number of hydrogen-bond donors (Lipinski definition) is 0. The van der Waals surface area contributed by atoms with Crippen LogP contribution in [0.4, 0.5) is 0 Å². The molecule has 2 aliphatic heterocycles. The summed E-state index contributed by atoms with van der Waals surface area (Å²) in [6, 6.07) is 120. The zero-order valence-electron chi connectivity index (χ0n) is 52.8. The fourth-order valence-corrected chi connectivity index (χ4v) is 16.0. The van der Waals surface area contributed by atoms with Gasteiger partial charge in [-0.05, 0) is 142 Å². The van der Waals surface area contributed by atoms with Crippen LogP contribution in [-0.2, 0) is 0 Å². The molecule has 98 heavy (non-hydrogen) atoms. The zero-order valence-corrected chi connectivity index (χ0v) is 54.5. The molecular weight excluding hydrogens is 1230 g/mol. The van der Waals surface area contributed by atoms with E-state index in [4.69, 9.17) is 29.9 Å². The lowest BCUT2D eigenvalue weighted by atomic mass is 9.87. The Morgan fingerprint density at radius 1 is 0.163 bits per heavy atom. The number of aromatic nitrogens is 6. The second-order valence-electron chi connectivity index (χ2n) is 24.4. The molecule has 0 spiro atoms. The fourth-order valence-electron chi connectivity index (χ4n) is 13.8. The minimum Gasteiger partial charge on any atom is -0.208 e. The van der Waals surface area contributed by atoms with Gasteiger partial charge in [0.05, 0.1) is 0 Å². The van der Waals surface area contributed by atoms with Gasteiger partial charge in [0.15, 0.2) is 34.9 Å². The summed E-state index contributed by atoms with van der Waals surface area (Å²) in [5.74, 6) is 3.90. The van der Waals surface area contributed by atoms with Crippen LogP contribution in [0.2, 0.25) is 0 Å². The first-order chi connectivity index (χ1) is 48.6. The summed E-state index contributed by atoms with van der Waals surface area (Å²) in [4.78, 5) is 35.5. The van der Waals surface area contributed by atoms with E-state index in [-0.39, 0.29) is 0 Å². The van der Waals surface area contributed by atoms with Crippen LogP contribution in [0.1, 0.15) is 0 Å². The smallest absolute Gasteiger partial charge is 0.164 e. The maximum absolute atomic E-state index is 5.23. The molecule has 0 atom stereocenters. The highest BCUT2D eigenvalue weighted by molar-refractivity contribution is 8.00. The lowest BCUT2D eigenvalue weighted by molar-refractivity contribution is 1.07. The highest BCUT2D eigenvalue weighted by atomic mass is 32.2. The predicted octanol–water partition coefficient (Wildman–Crippen LogP) is 24.1. The average Bonchev–Trinajstić information content (AvgIpc) is 0.744. The van der Waals surface area contributed by atoms with E-state index in [1.807, 2.05) is 90.3 Å². The molecule has 0 bridgehead atoms. The molecule has 0 fully saturated rings. The van der Waals surface area contributed by atoms with Gasteiger partial charge in [0.1, 0.15) is 0 Å². The minimum absolute atomic E-state index is 0.643. The summed E-state index contributed by atoms with van der Waals surface area (Å²) < 4.78 is 0. The van der Waals surface area contributed by atoms with Gasteiger partial charge in [-0.3, -0.25) is 0 Å². The lowest BCUT2D eigenvalue weighted by Crippen LogP contribution is -2.01. The van der Waals surface area contributed by atoms with Gasteiger partial charge < -0.3 is 0 Å². The summed E-state index contributed by atoms with van der Waals surface area (Å²) in [5.41, 5.74) is 20.3. The van der Waals surface area contributed by atoms with Gasteiger partial charge in [-0.25, -0.2) is 29.9 Å². The first kappa shape index (κ1) is 58.4. The normalized spacial score (nSPS) is 11.8. The van der Waals surface area contributed by atoms with Crippen LogP contribution < -0.4 is 0 Å². The van der Waals surface area contributed by atoms with Crippen molar-refractivity contribution >= 4 is 55.8 Å². The first-order valence-electron chi connectivity index (χ1n) is 32.8. The van der Waals surface area contributed by atoms with Crippen molar-refractivity contribution < 1.29 is 0 Å². The Balaban J connectivity index is 0.000000143. The van der Waals surface area contributed by atoms with Gasteiger partial charge in [-0.2, -0.15) is 0 Å². The van der Waals surface area contributed by atoms with Gasteiger partial charge in [-0.1, -0.05) is 321 Å². The summed E-state index contributed by atoms with van der Waals surface area (Å²) in [7, 11) is 0. The second-order valence-corrected chi connectivity index (χ2v) is 26.6. The zero-order chi connectivity index (χ0) is 64.9. The van der Waals surface area contributed by atoms with Crippen molar-refractivity contribution in [3.63, 3.8) is 0 Å². The molecule has 458 valence electrons. The van der Waals surface area contributed by atoms with Crippen LogP contribution in [0.3, 0.4) is 0 Å². The van der Waals surface area contributed by atoms with Gasteiger partial charge in [0.2, 0.25) is 0 Å². The molecular formula is C90H56N6S2. The van der Waals surface area contributed by atoms with Crippen molar-refractivity contribution in [2.24, 2.45) is 0 Å². The van der Waals surface area contributed by atoms with Crippen molar-refractivity contribution in [1.82, 2.24) is 29.9 Å². The molecule has 0 saturated carbocycles. The molecule has 0 saturated heterocycles. The predicted molar refractivity (Wildman–Crippen MR) is 406 cm³/mol. The Morgan fingerprint density at radius 2 is 0.469 bits per heavy atom. The number of fused-ring (bicyclic) bond motifs is 9. The molecule has 0 amide bonds. The van der Waals surface area contributed by atoms with Crippen molar-refractivity contribution in [3.05, 3.63) is 340 Å². The molecule has 2 aromatic heterocycles. The SMILES string of the molecule is c1ccc(-c2ccc(-c3nc(-c4ccc5ccccc5c4)nc(-c4ccc5c6c(cccc46)-c4ccccc4Sc4ccccc4-5)n3)cc2)cc1.c1ccc(-c2nc(-c3ccccc3)nc(-c3cccc(-c4ccc5c6c(cccc46)-c4ccccc4Sc4ccccc4-5)c3)n2)cc1. The monoisotopic (exact) mass is 1280 g/mol. The van der Waals surface area contributed by atoms with E-state index in [1.165, 1.54) is 96.8 Å². The van der Waals surface area contributed by atoms with E-state index in [0.29, 0.717) is 34.9 Å². The quantitative estimate of drug-likeness (QED) is 0.149. The third kappa shape index (κ3) is 10.9. The summed E-state index contributed by atoms with van der Waals surface area (Å²) in [6.45, 7) is 0. The summed E-state index contributed by atoms with van der Waals surface area (Å²) in [5, 5.41) is 7.14. The molecule has 0 unspecified atom stereocenters. The number of nitrogens with zero attached hydrogens (tertiary/aromatic N) is 6. The molecule has 0 radical (unpaired) electrons. The molecule has 2 aliphatic rings. The third-order valence-electron chi connectivity index (χ3n) is 18.5. The van der Waals surface area contributed by atoms with Crippen molar-refractivity contribution in [2.45, 2.75) is 19.6 Å². The Morgan fingerprint density at radius 3 is 0.980 bits per heavy atom. The number of rotatable bonds is 8. The second kappa shape index (κ2) is 25.2. The Bertz CT molecular complexity index is 5780. The molecule has 17 aromatic rings. The van der Waals surface area contributed by atoms with Crippen LogP contribution >= 0.6 is 23.5 Å². The maximum atomic E-state index is 5.23. The van der Waals surface area contributed by atoms with E-state index in [1.54, 1.807) is 0 Å². The van der Waals surface area contributed by atoms with E-state index >= 15 is 0 Å². The summed E-state index contributed by atoms with van der Waals surface area (Å²) in [6.07, 6.45) is 0. The highest BCUT2D eigenvalue weighted by Gasteiger charge is 2.25. The summed E-state index contributed by atoms with van der Waals surface area (Å²) >= 11 is 3.68. The molecule has 6 nitrogen and oxygen atoms in total. The molecule has 19 rings (SSSR count). The Labute approximate surface area is 576 Å². The van der Waals surface area contributed by atoms with E-state index in [2.05, 4.69) is 273 Å². The average molecular weight is 1290 g/mol. The topological polar surface area (TPSA) is 77.3 Å². The van der Waals surface area contributed by atoms with Crippen LogP contribution in [0.25, 0.3) is 167 Å². The van der Waals surface area contributed by atoms with Crippen molar-refractivity contribution in [2.75, 3.05) is 0 Å². The fraction of sp³-hybridized carbons (Fsp3) is 0. The van der Waals surface area contributed by atoms with Crippen LogP contribution in [0.15, 0.2) is 359 Å².